The molecular formula is C6H9Li. The van der Waals surface area contributed by atoms with Crippen LogP contribution < -0.4 is 0 Å². The van der Waals surface area contributed by atoms with Crippen LogP contribution in [-0.4, -0.2) is 17.7 Å². The minimum absolute atomic E-state index is 0.949. The van der Waals surface area contributed by atoms with Crippen LogP contribution in [0.1, 0.15) is 19.3 Å². The van der Waals surface area contributed by atoms with Crippen molar-refractivity contribution in [3.05, 3.63) is 12.2 Å². The third-order valence-corrected chi connectivity index (χ3v) is 1.53. The van der Waals surface area contributed by atoms with Crippen LogP contribution in [0.25, 0.3) is 0 Å². The molecule has 1 unspecified atom stereocenters. The van der Waals surface area contributed by atoms with Crippen LogP contribution in [0.2, 0.25) is 4.59 Å². The molecule has 0 saturated carbocycles. The van der Waals surface area contributed by atoms with Crippen molar-refractivity contribution in [1.82, 2.24) is 0 Å². The van der Waals surface area contributed by atoms with E-state index in [1.54, 1.807) is 0 Å². The van der Waals surface area contributed by atoms with E-state index in [1.807, 2.05) is 0 Å². The second-order valence-electron chi connectivity index (χ2n) is 2.39. The van der Waals surface area contributed by atoms with E-state index in [1.165, 1.54) is 19.3 Å². The van der Waals surface area contributed by atoms with E-state index in [2.05, 4.69) is 29.9 Å². The summed E-state index contributed by atoms with van der Waals surface area (Å²) >= 11 is 2.31. The normalized spacial score (nSPS) is 30.9. The molecule has 0 fully saturated rings. The maximum absolute atomic E-state index is 2.31. The maximum atomic E-state index is 2.31. The summed E-state index contributed by atoms with van der Waals surface area (Å²) in [4.78, 5) is 0. The Morgan fingerprint density at radius 3 is 2.57 bits per heavy atom. The third kappa shape index (κ3) is 1.72. The Bertz CT molecular complexity index is 76.2. The molecule has 7 heavy (non-hydrogen) atoms. The van der Waals surface area contributed by atoms with Crippen molar-refractivity contribution in [1.29, 1.82) is 0 Å². The summed E-state index contributed by atoms with van der Waals surface area (Å²) in [5.74, 6) is 0. The summed E-state index contributed by atoms with van der Waals surface area (Å²) in [6.45, 7) is 0. The molecule has 0 spiro atoms. The first-order valence-electron chi connectivity index (χ1n) is 3.04. The summed E-state index contributed by atoms with van der Waals surface area (Å²) in [6.07, 6.45) is 8.58. The van der Waals surface area contributed by atoms with Gasteiger partial charge in [-0.05, 0) is 0 Å². The average Bonchev–Trinajstić information content (AvgIpc) is 1.69. The van der Waals surface area contributed by atoms with Crippen LogP contribution in [0.15, 0.2) is 12.2 Å². The van der Waals surface area contributed by atoms with Gasteiger partial charge >= 0.3 is 53.7 Å². The van der Waals surface area contributed by atoms with Gasteiger partial charge in [-0.25, -0.2) is 0 Å². The summed E-state index contributed by atoms with van der Waals surface area (Å²) < 4.78 is 0.949. The summed E-state index contributed by atoms with van der Waals surface area (Å²) in [5.41, 5.74) is 0. The van der Waals surface area contributed by atoms with Gasteiger partial charge in [-0.1, -0.05) is 0 Å². The molecule has 0 N–H and O–H groups in total. The molecule has 1 rings (SSSR count). The van der Waals surface area contributed by atoms with Crippen molar-refractivity contribution in [3.8, 4) is 0 Å². The van der Waals surface area contributed by atoms with E-state index in [9.17, 15) is 0 Å². The molecule has 1 aliphatic rings. The molecule has 0 aromatic rings. The molecule has 0 amide bonds. The van der Waals surface area contributed by atoms with E-state index >= 15 is 0 Å². The third-order valence-electron chi connectivity index (χ3n) is 1.53. The number of rotatable bonds is 0. The second-order valence-corrected chi connectivity index (χ2v) is 2.39. The summed E-state index contributed by atoms with van der Waals surface area (Å²) in [7, 11) is 0. The standard InChI is InChI=1S/C6H9.Li/c1-2-4-6-5-3-1;/h1-2,5H,3-4,6H2;. The molecule has 0 aromatic carbocycles. The molecule has 0 saturated heterocycles. The van der Waals surface area contributed by atoms with E-state index in [-0.39, 0.29) is 0 Å². The molecule has 1 aliphatic carbocycles. The van der Waals surface area contributed by atoms with E-state index < -0.39 is 0 Å². The van der Waals surface area contributed by atoms with Crippen LogP contribution in [0.4, 0.5) is 0 Å². The van der Waals surface area contributed by atoms with Crippen molar-refractivity contribution in [3.63, 3.8) is 0 Å². The number of hydrogen-bond acceptors (Lipinski definition) is 0. The first kappa shape index (κ1) is 5.47. The molecule has 0 aromatic heterocycles. The van der Waals surface area contributed by atoms with Gasteiger partial charge in [0.1, 0.15) is 0 Å². The molecule has 0 radical (unpaired) electrons. The van der Waals surface area contributed by atoms with Gasteiger partial charge in [0.2, 0.25) is 0 Å². The Kier molecular flexibility index (Phi) is 2.03. The van der Waals surface area contributed by atoms with Gasteiger partial charge in [-0.3, -0.25) is 0 Å². The minimum atomic E-state index is 0.949. The molecule has 34 valence electrons. The van der Waals surface area contributed by atoms with E-state index in [0.29, 0.717) is 0 Å². The van der Waals surface area contributed by atoms with E-state index in [0.717, 1.165) is 4.59 Å². The van der Waals surface area contributed by atoms with Gasteiger partial charge < -0.3 is 0 Å². The number of hydrogen-bond donors (Lipinski definition) is 0. The molecule has 0 bridgehead atoms. The Balaban J connectivity index is 2.32. The van der Waals surface area contributed by atoms with Crippen LogP contribution >= 0.6 is 0 Å². The van der Waals surface area contributed by atoms with Crippen molar-refractivity contribution in [2.45, 2.75) is 23.9 Å². The van der Waals surface area contributed by atoms with Gasteiger partial charge in [0.25, 0.3) is 0 Å². The first-order chi connectivity index (χ1) is 3.39. The Labute approximate surface area is 54.2 Å². The van der Waals surface area contributed by atoms with Crippen LogP contribution in [0.5, 0.6) is 0 Å². The zero-order valence-corrected chi connectivity index (χ0v) is 4.85. The van der Waals surface area contributed by atoms with Gasteiger partial charge in [0, 0.05) is 0 Å². The van der Waals surface area contributed by atoms with Crippen molar-refractivity contribution in [2.75, 3.05) is 0 Å². The van der Waals surface area contributed by atoms with Gasteiger partial charge in [-0.15, -0.1) is 0 Å². The zero-order chi connectivity index (χ0) is 5.11. The van der Waals surface area contributed by atoms with Crippen LogP contribution in [-0.2, 0) is 0 Å². The molecular weight excluding hydrogens is 79.0 g/mol. The Morgan fingerprint density at radius 1 is 1.43 bits per heavy atom. The van der Waals surface area contributed by atoms with E-state index in [4.69, 9.17) is 0 Å². The van der Waals surface area contributed by atoms with Gasteiger partial charge in [-0.2, -0.15) is 0 Å². The second kappa shape index (κ2) is 2.60. The first-order valence-corrected chi connectivity index (χ1v) is 3.04. The fourth-order valence-electron chi connectivity index (χ4n) is 0.945. The molecule has 1 atom stereocenters. The predicted molar refractivity (Wildman–Crippen MR) is 32.5 cm³/mol. The van der Waals surface area contributed by atoms with Crippen molar-refractivity contribution >= 4 is 17.7 Å². The van der Waals surface area contributed by atoms with Crippen LogP contribution in [0.3, 0.4) is 0 Å². The fraction of sp³-hybridized carbons (Fsp3) is 0.667. The monoisotopic (exact) mass is 88.1 g/mol. The summed E-state index contributed by atoms with van der Waals surface area (Å²) in [5, 5.41) is 0. The topological polar surface area (TPSA) is 0 Å². The Morgan fingerprint density at radius 2 is 2.29 bits per heavy atom. The van der Waals surface area contributed by atoms with Crippen molar-refractivity contribution in [2.24, 2.45) is 0 Å². The van der Waals surface area contributed by atoms with Gasteiger partial charge in [0.05, 0.1) is 0 Å². The van der Waals surface area contributed by atoms with Crippen LogP contribution in [0, 0.1) is 0 Å². The number of allylic oxidation sites excluding steroid dienone is 2. The summed E-state index contributed by atoms with van der Waals surface area (Å²) in [6, 6.07) is 0. The predicted octanol–water partition coefficient (Wildman–Crippen LogP) is 1.68. The molecule has 0 aliphatic heterocycles. The molecule has 1 heteroatoms. The SMILES string of the molecule is [Li][CH]1CC=CCC1. The average molecular weight is 88.1 g/mol. The zero-order valence-electron chi connectivity index (χ0n) is 4.85. The quantitative estimate of drug-likeness (QED) is 0.312. The fourth-order valence-corrected chi connectivity index (χ4v) is 0.945. The molecule has 0 heterocycles. The molecule has 0 nitrogen and oxygen atoms in total. The van der Waals surface area contributed by atoms with Gasteiger partial charge in [0.15, 0.2) is 0 Å². The van der Waals surface area contributed by atoms with Crippen molar-refractivity contribution < 1.29 is 0 Å². The Hall–Kier alpha value is 0.337.